The van der Waals surface area contributed by atoms with Gasteiger partial charge in [-0.3, -0.25) is 14.9 Å². The predicted molar refractivity (Wildman–Crippen MR) is 82.6 cm³/mol. The van der Waals surface area contributed by atoms with Gasteiger partial charge >= 0.3 is 0 Å². The van der Waals surface area contributed by atoms with E-state index in [-0.39, 0.29) is 17.3 Å². The molecule has 0 spiro atoms. The Morgan fingerprint density at radius 3 is 2.64 bits per heavy atom. The summed E-state index contributed by atoms with van der Waals surface area (Å²) in [6, 6.07) is 13.5. The smallest absolute Gasteiger partial charge is 0.276 e. The van der Waals surface area contributed by atoms with E-state index in [0.29, 0.717) is 11.1 Å². The van der Waals surface area contributed by atoms with Gasteiger partial charge in [-0.15, -0.1) is 0 Å². The highest BCUT2D eigenvalue weighted by atomic mass is 16.6. The Hall–Kier alpha value is -3.28. The first kappa shape index (κ1) is 13.7. The van der Waals surface area contributed by atoms with E-state index in [1.165, 1.54) is 18.2 Å². The van der Waals surface area contributed by atoms with Gasteiger partial charge in [0.15, 0.2) is 5.82 Å². The van der Waals surface area contributed by atoms with E-state index in [9.17, 15) is 14.9 Å². The third-order valence-corrected chi connectivity index (χ3v) is 3.17. The minimum Gasteiger partial charge on any atom is -0.335 e. The fraction of sp³-hybridized carbons (Fsp3) is 0. The summed E-state index contributed by atoms with van der Waals surface area (Å²) >= 11 is 0. The number of nitro groups is 1. The predicted octanol–water partition coefficient (Wildman–Crippen LogP) is 3.37. The zero-order valence-electron chi connectivity index (χ0n) is 11.4. The van der Waals surface area contributed by atoms with Crippen LogP contribution in [-0.2, 0) is 0 Å². The minimum atomic E-state index is -0.481. The number of nitro benzene ring substituents is 1. The Morgan fingerprint density at radius 2 is 1.86 bits per heavy atom. The monoisotopic (exact) mass is 293 g/mol. The number of carbonyl (C=O) groups excluding carboxylic acids is 1. The number of hydrogen-bond acceptors (Lipinski definition) is 4. The molecule has 1 N–H and O–H groups in total. The van der Waals surface area contributed by atoms with Crippen LogP contribution in [0.1, 0.15) is 16.2 Å². The zero-order valence-corrected chi connectivity index (χ0v) is 11.4. The summed E-state index contributed by atoms with van der Waals surface area (Å²) in [5, 5.41) is 10.9. The van der Waals surface area contributed by atoms with Crippen LogP contribution in [-0.4, -0.2) is 20.7 Å². The molecule has 6 heteroatoms. The minimum absolute atomic E-state index is 0.0452. The lowest BCUT2D eigenvalue weighted by Gasteiger charge is -1.95. The lowest BCUT2D eigenvalue weighted by Crippen LogP contribution is -1.97. The number of para-hydroxylation sites is 3. The van der Waals surface area contributed by atoms with Gasteiger partial charge in [-0.1, -0.05) is 24.3 Å². The number of hydrogen-bond donors (Lipinski definition) is 1. The van der Waals surface area contributed by atoms with E-state index in [1.54, 1.807) is 24.3 Å². The number of aromatic amines is 1. The van der Waals surface area contributed by atoms with Crippen molar-refractivity contribution in [3.8, 4) is 0 Å². The van der Waals surface area contributed by atoms with E-state index in [2.05, 4.69) is 9.97 Å². The number of fused-ring (bicyclic) bond motifs is 1. The van der Waals surface area contributed by atoms with Crippen LogP contribution in [0.25, 0.3) is 17.1 Å². The van der Waals surface area contributed by atoms with Crippen molar-refractivity contribution < 1.29 is 9.72 Å². The molecule has 6 nitrogen and oxygen atoms in total. The molecule has 0 unspecified atom stereocenters. The number of allylic oxidation sites excluding steroid dienone is 1. The molecule has 0 amide bonds. The highest BCUT2D eigenvalue weighted by molar-refractivity contribution is 6.06. The molecule has 1 aromatic heterocycles. The molecule has 0 saturated heterocycles. The highest BCUT2D eigenvalue weighted by Crippen LogP contribution is 2.19. The van der Waals surface area contributed by atoms with Crippen molar-refractivity contribution in [2.24, 2.45) is 0 Å². The molecular formula is C16H11N3O3. The van der Waals surface area contributed by atoms with Crippen molar-refractivity contribution in [3.05, 3.63) is 76.1 Å². The van der Waals surface area contributed by atoms with Crippen molar-refractivity contribution in [2.45, 2.75) is 0 Å². The maximum atomic E-state index is 12.1. The van der Waals surface area contributed by atoms with Crippen LogP contribution >= 0.6 is 0 Å². The van der Waals surface area contributed by atoms with Gasteiger partial charge in [-0.25, -0.2) is 4.98 Å². The fourth-order valence-electron chi connectivity index (χ4n) is 2.11. The maximum Gasteiger partial charge on any atom is 0.276 e. The number of nitrogens with zero attached hydrogens (tertiary/aromatic N) is 2. The molecule has 0 saturated carbocycles. The summed E-state index contributed by atoms with van der Waals surface area (Å²) < 4.78 is 0. The second-order valence-corrected chi connectivity index (χ2v) is 4.62. The molecule has 0 aliphatic rings. The Morgan fingerprint density at radius 1 is 1.14 bits per heavy atom. The van der Waals surface area contributed by atoms with Crippen molar-refractivity contribution in [3.63, 3.8) is 0 Å². The van der Waals surface area contributed by atoms with Crippen LogP contribution in [0.2, 0.25) is 0 Å². The molecule has 1 heterocycles. The Kier molecular flexibility index (Phi) is 3.49. The number of nitrogens with one attached hydrogen (secondary N) is 1. The van der Waals surface area contributed by atoms with E-state index in [1.807, 2.05) is 18.2 Å². The number of aromatic nitrogens is 2. The number of ketones is 1. The molecular weight excluding hydrogens is 282 g/mol. The van der Waals surface area contributed by atoms with E-state index < -0.39 is 4.92 Å². The Labute approximate surface area is 125 Å². The van der Waals surface area contributed by atoms with Crippen molar-refractivity contribution in [2.75, 3.05) is 0 Å². The zero-order chi connectivity index (χ0) is 15.5. The first-order chi connectivity index (χ1) is 10.6. The van der Waals surface area contributed by atoms with Crippen LogP contribution < -0.4 is 0 Å². The molecule has 0 atom stereocenters. The van der Waals surface area contributed by atoms with Gasteiger partial charge in [-0.05, 0) is 30.4 Å². The van der Waals surface area contributed by atoms with Crippen molar-refractivity contribution in [1.82, 2.24) is 9.97 Å². The van der Waals surface area contributed by atoms with Crippen molar-refractivity contribution >= 4 is 28.6 Å². The van der Waals surface area contributed by atoms with Gasteiger partial charge in [0.25, 0.3) is 5.69 Å². The number of H-pyrrole nitrogens is 1. The molecule has 22 heavy (non-hydrogen) atoms. The number of rotatable bonds is 4. The molecule has 0 radical (unpaired) electrons. The summed E-state index contributed by atoms with van der Waals surface area (Å²) in [5.41, 5.74) is 1.79. The van der Waals surface area contributed by atoms with Crippen LogP contribution in [0, 0.1) is 10.1 Å². The van der Waals surface area contributed by atoms with Gasteiger partial charge in [0.2, 0.25) is 5.78 Å². The van der Waals surface area contributed by atoms with Crippen LogP contribution in [0.5, 0.6) is 0 Å². The molecule has 0 fully saturated rings. The van der Waals surface area contributed by atoms with Gasteiger partial charge in [0, 0.05) is 6.07 Å². The standard InChI is InChI=1S/C16H11N3O3/c20-15(16-17-12-6-2-3-7-13(12)18-16)10-9-11-5-1-4-8-14(11)19(21)22/h1-10H,(H,17,18)/b10-9+. The Bertz CT molecular complexity index is 863. The van der Waals surface area contributed by atoms with Crippen LogP contribution in [0.15, 0.2) is 54.6 Å². The van der Waals surface area contributed by atoms with Crippen molar-refractivity contribution in [1.29, 1.82) is 0 Å². The summed E-state index contributed by atoms with van der Waals surface area (Å²) in [6.07, 6.45) is 2.70. The van der Waals surface area contributed by atoms with Gasteiger partial charge < -0.3 is 4.98 Å². The normalized spacial score (nSPS) is 11.1. The number of benzene rings is 2. The quantitative estimate of drug-likeness (QED) is 0.345. The second-order valence-electron chi connectivity index (χ2n) is 4.62. The molecule has 0 aliphatic heterocycles. The fourth-order valence-corrected chi connectivity index (χ4v) is 2.11. The first-order valence-corrected chi connectivity index (χ1v) is 6.56. The number of carbonyl (C=O) groups is 1. The molecule has 3 aromatic rings. The number of imidazole rings is 1. The van der Waals surface area contributed by atoms with E-state index in [0.717, 1.165) is 5.52 Å². The third-order valence-electron chi connectivity index (χ3n) is 3.17. The average molecular weight is 293 g/mol. The average Bonchev–Trinajstić information content (AvgIpc) is 2.97. The third kappa shape index (κ3) is 2.62. The van der Waals surface area contributed by atoms with Crippen LogP contribution in [0.4, 0.5) is 5.69 Å². The van der Waals surface area contributed by atoms with Gasteiger partial charge in [-0.2, -0.15) is 0 Å². The molecule has 108 valence electrons. The highest BCUT2D eigenvalue weighted by Gasteiger charge is 2.11. The topological polar surface area (TPSA) is 88.9 Å². The summed E-state index contributed by atoms with van der Waals surface area (Å²) in [4.78, 5) is 29.7. The summed E-state index contributed by atoms with van der Waals surface area (Å²) in [6.45, 7) is 0. The summed E-state index contributed by atoms with van der Waals surface area (Å²) in [5.74, 6) is -0.134. The molecule has 3 rings (SSSR count). The molecule has 0 bridgehead atoms. The lowest BCUT2D eigenvalue weighted by molar-refractivity contribution is -0.385. The second kappa shape index (κ2) is 5.61. The maximum absolute atomic E-state index is 12.1. The van der Waals surface area contributed by atoms with Gasteiger partial charge in [0.05, 0.1) is 21.5 Å². The Balaban J connectivity index is 1.89. The first-order valence-electron chi connectivity index (χ1n) is 6.56. The van der Waals surface area contributed by atoms with Gasteiger partial charge in [0.1, 0.15) is 0 Å². The summed E-state index contributed by atoms with van der Waals surface area (Å²) in [7, 11) is 0. The van der Waals surface area contributed by atoms with E-state index >= 15 is 0 Å². The SMILES string of the molecule is O=C(/C=C/c1ccccc1[N+](=O)[O-])c1nc2ccccc2[nH]1. The molecule has 2 aromatic carbocycles. The molecule has 0 aliphatic carbocycles. The largest absolute Gasteiger partial charge is 0.335 e. The van der Waals surface area contributed by atoms with Crippen LogP contribution in [0.3, 0.4) is 0 Å². The lowest BCUT2D eigenvalue weighted by atomic mass is 10.1. The van der Waals surface area contributed by atoms with E-state index in [4.69, 9.17) is 0 Å².